The number of anilines is 1. The second-order valence-corrected chi connectivity index (χ2v) is 7.25. The number of amides is 1. The highest BCUT2D eigenvalue weighted by Crippen LogP contribution is 2.20. The van der Waals surface area contributed by atoms with Crippen molar-refractivity contribution in [2.75, 3.05) is 31.9 Å². The quantitative estimate of drug-likeness (QED) is 0.669. The molecule has 24 heavy (non-hydrogen) atoms. The number of terminal acetylenes is 1. The van der Waals surface area contributed by atoms with E-state index >= 15 is 0 Å². The first-order chi connectivity index (χ1) is 11.2. The van der Waals surface area contributed by atoms with Crippen LogP contribution in [0.1, 0.15) is 37.5 Å². The summed E-state index contributed by atoms with van der Waals surface area (Å²) in [5.41, 5.74) is 9.22. The van der Waals surface area contributed by atoms with Crippen molar-refractivity contribution >= 4 is 11.8 Å². The van der Waals surface area contributed by atoms with Crippen LogP contribution in [0.15, 0.2) is 12.1 Å². The van der Waals surface area contributed by atoms with E-state index < -0.39 is 5.60 Å². The zero-order valence-corrected chi connectivity index (χ0v) is 15.1. The van der Waals surface area contributed by atoms with E-state index in [2.05, 4.69) is 10.8 Å². The third kappa shape index (κ3) is 4.65. The van der Waals surface area contributed by atoms with Crippen molar-refractivity contribution < 1.29 is 9.53 Å². The molecule has 0 saturated carbocycles. The summed E-state index contributed by atoms with van der Waals surface area (Å²) in [6.45, 7) is 11.3. The van der Waals surface area contributed by atoms with Gasteiger partial charge in [-0.15, -0.1) is 6.42 Å². The zero-order chi connectivity index (χ0) is 17.9. The molecule has 2 rings (SSSR count). The lowest BCUT2D eigenvalue weighted by atomic mass is 10.0. The van der Waals surface area contributed by atoms with E-state index in [0.717, 1.165) is 42.0 Å². The molecule has 130 valence electrons. The number of nitrogens with two attached hydrogens (primary N) is 1. The van der Waals surface area contributed by atoms with E-state index in [1.54, 1.807) is 4.90 Å². The third-order valence-corrected chi connectivity index (χ3v) is 4.09. The number of hydrogen-bond donors (Lipinski definition) is 1. The molecule has 1 aromatic rings. The largest absolute Gasteiger partial charge is 0.444 e. The molecule has 1 aliphatic heterocycles. The van der Waals surface area contributed by atoms with Gasteiger partial charge in [0, 0.05) is 44.0 Å². The van der Waals surface area contributed by atoms with E-state index in [-0.39, 0.29) is 6.09 Å². The fourth-order valence-corrected chi connectivity index (χ4v) is 2.71. The van der Waals surface area contributed by atoms with Crippen molar-refractivity contribution in [1.82, 2.24) is 9.80 Å². The van der Waals surface area contributed by atoms with E-state index in [1.165, 1.54) is 0 Å². The van der Waals surface area contributed by atoms with Crippen LogP contribution in [0.4, 0.5) is 10.5 Å². The monoisotopic (exact) mass is 329 g/mol. The number of nitrogens with zero attached hydrogens (tertiary/aromatic N) is 2. The standard InChI is InChI=1S/C19H27N3O2/c1-6-16-11-15(12-17(20)14(16)2)13-21-7-9-22(10-8-21)18(23)24-19(3,4)5/h1,11-12H,7-10,13,20H2,2-5H3. The van der Waals surface area contributed by atoms with Gasteiger partial charge in [0.05, 0.1) is 0 Å². The Morgan fingerprint density at radius 3 is 2.46 bits per heavy atom. The molecule has 1 fully saturated rings. The van der Waals surface area contributed by atoms with E-state index in [1.807, 2.05) is 39.8 Å². The van der Waals surface area contributed by atoms with Gasteiger partial charge in [-0.05, 0) is 51.0 Å². The molecular formula is C19H27N3O2. The van der Waals surface area contributed by atoms with Gasteiger partial charge >= 0.3 is 6.09 Å². The Bertz CT molecular complexity index is 648. The minimum Gasteiger partial charge on any atom is -0.444 e. The summed E-state index contributed by atoms with van der Waals surface area (Å²) in [4.78, 5) is 16.1. The first-order valence-corrected chi connectivity index (χ1v) is 8.25. The first kappa shape index (κ1) is 18.2. The molecule has 0 unspecified atom stereocenters. The van der Waals surface area contributed by atoms with Gasteiger partial charge in [-0.2, -0.15) is 0 Å². The lowest BCUT2D eigenvalue weighted by Crippen LogP contribution is -2.49. The highest BCUT2D eigenvalue weighted by atomic mass is 16.6. The Kier molecular flexibility index (Phi) is 5.40. The van der Waals surface area contributed by atoms with Crippen molar-refractivity contribution in [3.05, 3.63) is 28.8 Å². The summed E-state index contributed by atoms with van der Waals surface area (Å²) < 4.78 is 5.42. The first-order valence-electron chi connectivity index (χ1n) is 8.25. The fraction of sp³-hybridized carbons (Fsp3) is 0.526. The van der Waals surface area contributed by atoms with Crippen molar-refractivity contribution in [1.29, 1.82) is 0 Å². The zero-order valence-electron chi connectivity index (χ0n) is 15.1. The maximum Gasteiger partial charge on any atom is 0.410 e. The van der Waals surface area contributed by atoms with Crippen molar-refractivity contribution in [2.24, 2.45) is 0 Å². The average molecular weight is 329 g/mol. The van der Waals surface area contributed by atoms with E-state index in [9.17, 15) is 4.79 Å². The second kappa shape index (κ2) is 7.14. The number of benzene rings is 1. The van der Waals surface area contributed by atoms with Gasteiger partial charge < -0.3 is 15.4 Å². The van der Waals surface area contributed by atoms with Crippen LogP contribution in [0.3, 0.4) is 0 Å². The Hall–Kier alpha value is -2.19. The summed E-state index contributed by atoms with van der Waals surface area (Å²) in [5.74, 6) is 2.69. The number of rotatable bonds is 2. The molecule has 5 heteroatoms. The molecule has 0 radical (unpaired) electrons. The topological polar surface area (TPSA) is 58.8 Å². The highest BCUT2D eigenvalue weighted by molar-refractivity contribution is 5.68. The number of piperazine rings is 1. The number of hydrogen-bond acceptors (Lipinski definition) is 4. The maximum absolute atomic E-state index is 12.1. The lowest BCUT2D eigenvalue weighted by Gasteiger charge is -2.35. The molecule has 0 bridgehead atoms. The number of carbonyl (C=O) groups is 1. The molecule has 1 amide bonds. The fourth-order valence-electron chi connectivity index (χ4n) is 2.71. The summed E-state index contributed by atoms with van der Waals surface area (Å²) in [6.07, 6.45) is 5.31. The van der Waals surface area contributed by atoms with Gasteiger partial charge in [0.25, 0.3) is 0 Å². The minimum absolute atomic E-state index is 0.239. The SMILES string of the molecule is C#Cc1cc(CN2CCN(C(=O)OC(C)(C)C)CC2)cc(N)c1C. The Balaban J connectivity index is 1.93. The van der Waals surface area contributed by atoms with Crippen molar-refractivity contribution in [2.45, 2.75) is 39.8 Å². The van der Waals surface area contributed by atoms with Crippen molar-refractivity contribution in [3.63, 3.8) is 0 Å². The average Bonchev–Trinajstić information content (AvgIpc) is 2.49. The van der Waals surface area contributed by atoms with Gasteiger partial charge in [0.2, 0.25) is 0 Å². The number of nitrogen functional groups attached to an aromatic ring is 1. The molecule has 1 heterocycles. The number of ether oxygens (including phenoxy) is 1. The van der Waals surface area contributed by atoms with Crippen LogP contribution in [-0.2, 0) is 11.3 Å². The van der Waals surface area contributed by atoms with Crippen LogP contribution in [0.5, 0.6) is 0 Å². The molecule has 0 aromatic heterocycles. The molecule has 1 aliphatic rings. The Morgan fingerprint density at radius 2 is 1.92 bits per heavy atom. The normalized spacial score (nSPS) is 15.9. The molecule has 0 aliphatic carbocycles. The summed E-state index contributed by atoms with van der Waals surface area (Å²) in [6, 6.07) is 4.00. The molecule has 1 saturated heterocycles. The minimum atomic E-state index is -0.459. The Morgan fingerprint density at radius 1 is 1.29 bits per heavy atom. The van der Waals surface area contributed by atoms with Gasteiger partial charge in [-0.25, -0.2) is 4.79 Å². The molecule has 5 nitrogen and oxygen atoms in total. The molecule has 0 atom stereocenters. The molecular weight excluding hydrogens is 302 g/mol. The second-order valence-electron chi connectivity index (χ2n) is 7.25. The van der Waals surface area contributed by atoms with Crippen molar-refractivity contribution in [3.8, 4) is 12.3 Å². The lowest BCUT2D eigenvalue weighted by molar-refractivity contribution is 0.0139. The van der Waals surface area contributed by atoms with Crippen LogP contribution in [0.25, 0.3) is 0 Å². The van der Waals surface area contributed by atoms with Gasteiger partial charge in [0.1, 0.15) is 5.60 Å². The van der Waals surface area contributed by atoms with Crippen LogP contribution in [0, 0.1) is 19.3 Å². The predicted molar refractivity (Wildman–Crippen MR) is 96.6 cm³/mol. The van der Waals surface area contributed by atoms with Gasteiger partial charge in [0.15, 0.2) is 0 Å². The highest BCUT2D eigenvalue weighted by Gasteiger charge is 2.25. The van der Waals surface area contributed by atoms with Crippen LogP contribution in [0.2, 0.25) is 0 Å². The Labute approximate surface area is 144 Å². The van der Waals surface area contributed by atoms with Crippen LogP contribution < -0.4 is 5.73 Å². The molecule has 1 aromatic carbocycles. The summed E-state index contributed by atoms with van der Waals surface area (Å²) >= 11 is 0. The van der Waals surface area contributed by atoms with Crippen LogP contribution in [-0.4, -0.2) is 47.7 Å². The summed E-state index contributed by atoms with van der Waals surface area (Å²) in [5, 5.41) is 0. The van der Waals surface area contributed by atoms with Gasteiger partial charge in [-0.1, -0.05) is 5.92 Å². The van der Waals surface area contributed by atoms with E-state index in [0.29, 0.717) is 13.1 Å². The van der Waals surface area contributed by atoms with E-state index in [4.69, 9.17) is 16.9 Å². The smallest absolute Gasteiger partial charge is 0.410 e. The summed E-state index contributed by atoms with van der Waals surface area (Å²) in [7, 11) is 0. The van der Waals surface area contributed by atoms with Crippen LogP contribution >= 0.6 is 0 Å². The third-order valence-electron chi connectivity index (χ3n) is 4.09. The molecule has 2 N–H and O–H groups in total. The predicted octanol–water partition coefficient (Wildman–Crippen LogP) is 2.61. The number of carbonyl (C=O) groups excluding carboxylic acids is 1. The van der Waals surface area contributed by atoms with Gasteiger partial charge in [-0.3, -0.25) is 4.90 Å². The maximum atomic E-state index is 12.1. The molecule has 0 spiro atoms.